The molecule has 1 unspecified atom stereocenters. The van der Waals surface area contributed by atoms with Crippen LogP contribution in [0.1, 0.15) is 76.0 Å². The van der Waals surface area contributed by atoms with Crippen molar-refractivity contribution in [2.45, 2.75) is 64.9 Å². The highest BCUT2D eigenvalue weighted by Crippen LogP contribution is 2.47. The molecule has 1 atom stereocenters. The van der Waals surface area contributed by atoms with Crippen LogP contribution in [-0.4, -0.2) is 5.11 Å². The Morgan fingerprint density at radius 3 is 2.14 bits per heavy atom. The second kappa shape index (κ2) is 6.62. The number of aliphatic hydroxyl groups is 1. The highest BCUT2D eigenvalue weighted by atomic mass is 16.3. The monoisotopic (exact) mass is 285 g/mol. The highest BCUT2D eigenvalue weighted by molar-refractivity contribution is 5.29. The zero-order valence-electron chi connectivity index (χ0n) is 13.5. The van der Waals surface area contributed by atoms with Crippen LogP contribution in [0.2, 0.25) is 0 Å². The maximum Gasteiger partial charge on any atom is 0.0976 e. The molecule has 0 aliphatic heterocycles. The molecule has 1 aliphatic carbocycles. The van der Waals surface area contributed by atoms with Crippen LogP contribution >= 0.6 is 0 Å². The van der Waals surface area contributed by atoms with Gasteiger partial charge in [-0.25, -0.2) is 0 Å². The topological polar surface area (TPSA) is 44.0 Å². The van der Waals surface area contributed by atoms with Crippen LogP contribution in [0.25, 0.3) is 0 Å². The van der Waals surface area contributed by atoms with E-state index in [0.717, 1.165) is 37.2 Å². The van der Waals surface area contributed by atoms with E-state index in [9.17, 15) is 10.4 Å². The molecule has 114 valence electrons. The second-order valence-corrected chi connectivity index (χ2v) is 6.84. The first-order chi connectivity index (χ1) is 10.0. The van der Waals surface area contributed by atoms with E-state index < -0.39 is 11.5 Å². The molecule has 0 bridgehead atoms. The molecule has 1 aromatic carbocycles. The van der Waals surface area contributed by atoms with Crippen molar-refractivity contribution in [3.63, 3.8) is 0 Å². The summed E-state index contributed by atoms with van der Waals surface area (Å²) in [6.45, 7) is 6.54. The quantitative estimate of drug-likeness (QED) is 0.850. The molecule has 1 aliphatic rings. The molecule has 0 heterocycles. The molecular weight excluding hydrogens is 258 g/mol. The lowest BCUT2D eigenvalue weighted by molar-refractivity contribution is 0.0242. The normalized spacial score (nSPS) is 27.3. The Kier molecular flexibility index (Phi) is 5.06. The molecule has 2 heteroatoms. The number of rotatable bonds is 4. The van der Waals surface area contributed by atoms with E-state index >= 15 is 0 Å². The molecule has 0 amide bonds. The Bertz CT molecular complexity index is 489. The van der Waals surface area contributed by atoms with Gasteiger partial charge in [-0.05, 0) is 48.6 Å². The summed E-state index contributed by atoms with van der Waals surface area (Å²) < 4.78 is 0. The number of hydrogen-bond acceptors (Lipinski definition) is 2. The largest absolute Gasteiger partial charge is 0.387 e. The van der Waals surface area contributed by atoms with E-state index in [2.05, 4.69) is 39.0 Å². The van der Waals surface area contributed by atoms with Crippen molar-refractivity contribution in [1.82, 2.24) is 0 Å². The van der Waals surface area contributed by atoms with Gasteiger partial charge in [-0.15, -0.1) is 0 Å². The highest BCUT2D eigenvalue weighted by Gasteiger charge is 2.42. The van der Waals surface area contributed by atoms with E-state index in [0.29, 0.717) is 5.92 Å². The average Bonchev–Trinajstić information content (AvgIpc) is 2.54. The molecule has 0 spiro atoms. The summed E-state index contributed by atoms with van der Waals surface area (Å²) in [6.07, 6.45) is 4.27. The molecule has 0 radical (unpaired) electrons. The molecule has 1 N–H and O–H groups in total. The first-order valence-electron chi connectivity index (χ1n) is 8.21. The van der Waals surface area contributed by atoms with Crippen molar-refractivity contribution in [3.05, 3.63) is 35.4 Å². The minimum absolute atomic E-state index is 0.487. The summed E-state index contributed by atoms with van der Waals surface area (Å²) in [5.74, 6) is 1.21. The van der Waals surface area contributed by atoms with Crippen molar-refractivity contribution in [3.8, 4) is 6.07 Å². The first kappa shape index (κ1) is 16.0. The number of nitriles is 1. The van der Waals surface area contributed by atoms with Gasteiger partial charge in [-0.2, -0.15) is 5.26 Å². The lowest BCUT2D eigenvalue weighted by atomic mass is 9.66. The fraction of sp³-hybridized carbons (Fsp3) is 0.632. The summed E-state index contributed by atoms with van der Waals surface area (Å²) in [6, 6.07) is 10.6. The zero-order chi connectivity index (χ0) is 15.5. The van der Waals surface area contributed by atoms with Crippen molar-refractivity contribution in [2.24, 2.45) is 11.3 Å². The van der Waals surface area contributed by atoms with Crippen LogP contribution in [-0.2, 0) is 0 Å². The number of benzene rings is 1. The van der Waals surface area contributed by atoms with Gasteiger partial charge < -0.3 is 5.11 Å². The third-order valence-corrected chi connectivity index (χ3v) is 5.24. The third kappa shape index (κ3) is 3.30. The van der Waals surface area contributed by atoms with Gasteiger partial charge in [0.15, 0.2) is 0 Å². The molecule has 1 aromatic rings. The van der Waals surface area contributed by atoms with Crippen molar-refractivity contribution < 1.29 is 5.11 Å². The smallest absolute Gasteiger partial charge is 0.0976 e. The van der Waals surface area contributed by atoms with Crippen LogP contribution in [0.4, 0.5) is 0 Å². The Morgan fingerprint density at radius 1 is 1.19 bits per heavy atom. The van der Waals surface area contributed by atoms with Crippen LogP contribution in [0, 0.1) is 22.7 Å². The summed E-state index contributed by atoms with van der Waals surface area (Å²) >= 11 is 0. The third-order valence-electron chi connectivity index (χ3n) is 5.24. The molecular formula is C19H27NO. The molecule has 2 nitrogen and oxygen atoms in total. The fourth-order valence-corrected chi connectivity index (χ4v) is 3.43. The maximum atomic E-state index is 10.8. The Hall–Kier alpha value is -1.33. The van der Waals surface area contributed by atoms with Gasteiger partial charge in [0.25, 0.3) is 0 Å². The molecule has 1 saturated carbocycles. The SMILES string of the molecule is CCC1CCC(C#N)(C(O)c2ccc(C(C)C)cc2)CC1. The molecule has 21 heavy (non-hydrogen) atoms. The van der Waals surface area contributed by atoms with Crippen molar-refractivity contribution in [2.75, 3.05) is 0 Å². The Balaban J connectivity index is 2.17. The van der Waals surface area contributed by atoms with E-state index in [4.69, 9.17) is 0 Å². The summed E-state index contributed by atoms with van der Waals surface area (Å²) in [4.78, 5) is 0. The minimum Gasteiger partial charge on any atom is -0.387 e. The van der Waals surface area contributed by atoms with Crippen LogP contribution in [0.3, 0.4) is 0 Å². The van der Waals surface area contributed by atoms with Crippen molar-refractivity contribution >= 4 is 0 Å². The average molecular weight is 285 g/mol. The maximum absolute atomic E-state index is 10.8. The molecule has 1 fully saturated rings. The summed E-state index contributed by atoms with van der Waals surface area (Å²) in [7, 11) is 0. The predicted molar refractivity (Wildman–Crippen MR) is 85.8 cm³/mol. The van der Waals surface area contributed by atoms with Gasteiger partial charge >= 0.3 is 0 Å². The van der Waals surface area contributed by atoms with E-state index in [1.807, 2.05) is 12.1 Å². The van der Waals surface area contributed by atoms with E-state index in [-0.39, 0.29) is 0 Å². The van der Waals surface area contributed by atoms with Crippen molar-refractivity contribution in [1.29, 1.82) is 5.26 Å². The van der Waals surface area contributed by atoms with Crippen LogP contribution in [0.15, 0.2) is 24.3 Å². The number of hydrogen-bond donors (Lipinski definition) is 1. The zero-order valence-corrected chi connectivity index (χ0v) is 13.5. The van der Waals surface area contributed by atoms with Gasteiger partial charge in [-0.1, -0.05) is 51.5 Å². The van der Waals surface area contributed by atoms with Gasteiger partial charge in [0.1, 0.15) is 0 Å². The number of aliphatic hydroxyl groups excluding tert-OH is 1. The Morgan fingerprint density at radius 2 is 1.71 bits per heavy atom. The lowest BCUT2D eigenvalue weighted by Gasteiger charge is -2.38. The van der Waals surface area contributed by atoms with Crippen LogP contribution < -0.4 is 0 Å². The molecule has 2 rings (SSSR count). The van der Waals surface area contributed by atoms with E-state index in [1.54, 1.807) is 0 Å². The summed E-state index contributed by atoms with van der Waals surface area (Å²) in [5, 5.41) is 20.4. The van der Waals surface area contributed by atoms with Gasteiger partial charge in [0, 0.05) is 0 Å². The molecule has 0 aromatic heterocycles. The number of nitrogens with zero attached hydrogens (tertiary/aromatic N) is 1. The predicted octanol–water partition coefficient (Wildman–Crippen LogP) is 4.95. The minimum atomic E-state index is -0.665. The fourth-order valence-electron chi connectivity index (χ4n) is 3.43. The first-order valence-corrected chi connectivity index (χ1v) is 8.21. The second-order valence-electron chi connectivity index (χ2n) is 6.84. The Labute approximate surface area is 128 Å². The summed E-state index contributed by atoms with van der Waals surface area (Å²) in [5.41, 5.74) is 1.56. The molecule has 0 saturated heterocycles. The lowest BCUT2D eigenvalue weighted by Crippen LogP contribution is -2.32. The van der Waals surface area contributed by atoms with Gasteiger partial charge in [0.05, 0.1) is 17.6 Å². The van der Waals surface area contributed by atoms with Gasteiger partial charge in [-0.3, -0.25) is 0 Å². The van der Waals surface area contributed by atoms with Crippen LogP contribution in [0.5, 0.6) is 0 Å². The standard InChI is InChI=1S/C19H27NO/c1-4-15-9-11-19(13-20,12-10-15)18(21)17-7-5-16(6-8-17)14(2)3/h5-8,14-15,18,21H,4,9-12H2,1-3H3. The van der Waals surface area contributed by atoms with E-state index in [1.165, 1.54) is 12.0 Å². The van der Waals surface area contributed by atoms with Gasteiger partial charge in [0.2, 0.25) is 0 Å².